The molecule has 1 aliphatic heterocycles. The predicted octanol–water partition coefficient (Wildman–Crippen LogP) is 6.44. The van der Waals surface area contributed by atoms with Crippen LogP contribution in [0.4, 0.5) is 17.6 Å². The molecule has 1 atom stereocenters. The molecule has 0 amide bonds. The van der Waals surface area contributed by atoms with Gasteiger partial charge in [0.1, 0.15) is 21.4 Å². The van der Waals surface area contributed by atoms with E-state index < -0.39 is 27.8 Å². The highest BCUT2D eigenvalue weighted by Gasteiger charge is 2.33. The molecule has 1 fully saturated rings. The second-order valence-corrected chi connectivity index (χ2v) is 12.3. The number of sulfone groups is 1. The first-order chi connectivity index (χ1) is 18.3. The van der Waals surface area contributed by atoms with Crippen LogP contribution in [0.5, 0.6) is 5.75 Å². The van der Waals surface area contributed by atoms with Crippen molar-refractivity contribution < 1.29 is 35.2 Å². The predicted molar refractivity (Wildman–Crippen MR) is 137 cm³/mol. The molecule has 0 spiro atoms. The molecular weight excluding hydrogens is 538 g/mol. The van der Waals surface area contributed by atoms with Crippen LogP contribution in [0.1, 0.15) is 54.6 Å². The van der Waals surface area contributed by atoms with Crippen molar-refractivity contribution >= 4 is 20.9 Å². The molecule has 5 rings (SSSR count). The van der Waals surface area contributed by atoms with Crippen LogP contribution in [-0.2, 0) is 16.3 Å². The average molecular weight is 566 g/mol. The number of rotatable bonds is 6. The van der Waals surface area contributed by atoms with Crippen molar-refractivity contribution in [1.82, 2.24) is 14.7 Å². The number of hydrogen-bond donors (Lipinski definition) is 0. The number of alkyl halides is 3. The van der Waals surface area contributed by atoms with Crippen LogP contribution in [0.2, 0.25) is 0 Å². The molecule has 2 aromatic carbocycles. The molecule has 208 valence electrons. The number of ether oxygens (including phenoxy) is 1. The van der Waals surface area contributed by atoms with Gasteiger partial charge in [0, 0.05) is 17.5 Å². The Morgan fingerprint density at radius 1 is 1.13 bits per heavy atom. The molecule has 1 aliphatic rings. The first kappa shape index (κ1) is 27.2. The highest BCUT2D eigenvalue weighted by Crippen LogP contribution is 2.36. The standard InChI is InChI=1S/C27H27F4N3O4S/c1-15(12-18-4-7-24(21(28)13-18)37-27(29,30)31)26-32-22-14-19(25-16(2)33-38-17(25)3)5-6-23(22)34(26)20-8-10-39(35,36)11-9-20/h4-7,13-15,20H,8-12H2,1-3H3. The van der Waals surface area contributed by atoms with Gasteiger partial charge in [-0.05, 0) is 68.5 Å². The van der Waals surface area contributed by atoms with Crippen molar-refractivity contribution in [2.24, 2.45) is 0 Å². The highest BCUT2D eigenvalue weighted by atomic mass is 32.2. The van der Waals surface area contributed by atoms with Crippen molar-refractivity contribution in [3.63, 3.8) is 0 Å². The third kappa shape index (κ3) is 5.66. The molecule has 7 nitrogen and oxygen atoms in total. The second kappa shape index (κ2) is 9.96. The number of aromatic nitrogens is 3. The van der Waals surface area contributed by atoms with E-state index in [0.717, 1.165) is 34.5 Å². The molecule has 39 heavy (non-hydrogen) atoms. The first-order valence-electron chi connectivity index (χ1n) is 12.5. The lowest BCUT2D eigenvalue weighted by Gasteiger charge is -2.27. The molecule has 1 saturated heterocycles. The van der Waals surface area contributed by atoms with E-state index in [0.29, 0.717) is 41.9 Å². The summed E-state index contributed by atoms with van der Waals surface area (Å²) in [5.74, 6) is -0.720. The monoisotopic (exact) mass is 565 g/mol. The Labute approximate surface area is 222 Å². The lowest BCUT2D eigenvalue weighted by Crippen LogP contribution is -2.27. The zero-order chi connectivity index (χ0) is 28.1. The van der Waals surface area contributed by atoms with Gasteiger partial charge in [0.25, 0.3) is 0 Å². The summed E-state index contributed by atoms with van der Waals surface area (Å²) in [6, 6.07) is 9.15. The molecule has 12 heteroatoms. The van der Waals surface area contributed by atoms with Crippen LogP contribution < -0.4 is 4.74 Å². The number of aryl methyl sites for hydroxylation is 2. The summed E-state index contributed by atoms with van der Waals surface area (Å²) < 4.78 is 87.4. The van der Waals surface area contributed by atoms with E-state index in [1.165, 1.54) is 6.07 Å². The molecule has 0 bridgehead atoms. The summed E-state index contributed by atoms with van der Waals surface area (Å²) in [6.45, 7) is 5.59. The van der Waals surface area contributed by atoms with Crippen molar-refractivity contribution in [2.75, 3.05) is 11.5 Å². The van der Waals surface area contributed by atoms with Gasteiger partial charge >= 0.3 is 6.36 Å². The zero-order valence-electron chi connectivity index (χ0n) is 21.5. The quantitative estimate of drug-likeness (QED) is 0.250. The Kier molecular flexibility index (Phi) is 6.94. The minimum Gasteiger partial charge on any atom is -0.403 e. The SMILES string of the molecule is Cc1noc(C)c1-c1ccc2c(c1)nc(C(C)Cc1ccc(OC(F)(F)F)c(F)c1)n2C1CCS(=O)(=O)CC1. The smallest absolute Gasteiger partial charge is 0.403 e. The third-order valence-electron chi connectivity index (χ3n) is 7.13. The van der Waals surface area contributed by atoms with Gasteiger partial charge in [-0.1, -0.05) is 24.2 Å². The minimum atomic E-state index is -4.99. The van der Waals surface area contributed by atoms with Crippen molar-refractivity contribution in [3.8, 4) is 16.9 Å². The van der Waals surface area contributed by atoms with E-state index in [1.807, 2.05) is 39.0 Å². The number of fused-ring (bicyclic) bond motifs is 1. The van der Waals surface area contributed by atoms with Crippen molar-refractivity contribution in [1.29, 1.82) is 0 Å². The number of benzene rings is 2. The van der Waals surface area contributed by atoms with E-state index in [-0.39, 0.29) is 23.5 Å². The van der Waals surface area contributed by atoms with E-state index >= 15 is 0 Å². The van der Waals surface area contributed by atoms with Gasteiger partial charge in [0.15, 0.2) is 11.6 Å². The summed E-state index contributed by atoms with van der Waals surface area (Å²) >= 11 is 0. The molecule has 2 aromatic heterocycles. The topological polar surface area (TPSA) is 87.2 Å². The number of imidazole rings is 1. The van der Waals surface area contributed by atoms with Gasteiger partial charge in [0.2, 0.25) is 0 Å². The second-order valence-electron chi connectivity index (χ2n) is 10.0. The Morgan fingerprint density at radius 3 is 2.46 bits per heavy atom. The van der Waals surface area contributed by atoms with E-state index in [1.54, 1.807) is 0 Å². The normalized spacial score (nSPS) is 17.0. The fraction of sp³-hybridized carbons (Fsp3) is 0.407. The zero-order valence-corrected chi connectivity index (χ0v) is 22.4. The van der Waals surface area contributed by atoms with Crippen molar-refractivity contribution in [2.45, 2.75) is 58.4 Å². The molecule has 0 aliphatic carbocycles. The number of hydrogen-bond acceptors (Lipinski definition) is 6. The molecule has 1 unspecified atom stereocenters. The van der Waals surface area contributed by atoms with E-state index in [2.05, 4.69) is 14.5 Å². The molecular formula is C27H27F4N3O4S. The minimum absolute atomic E-state index is 0.0776. The summed E-state index contributed by atoms with van der Waals surface area (Å²) in [5.41, 5.74) is 4.55. The Bertz CT molecular complexity index is 1610. The fourth-order valence-electron chi connectivity index (χ4n) is 5.36. The molecule has 0 saturated carbocycles. The lowest BCUT2D eigenvalue weighted by molar-refractivity contribution is -0.275. The fourth-order valence-corrected chi connectivity index (χ4v) is 6.83. The van der Waals surface area contributed by atoms with Gasteiger partial charge in [-0.2, -0.15) is 0 Å². The first-order valence-corrected chi connectivity index (χ1v) is 14.3. The highest BCUT2D eigenvalue weighted by molar-refractivity contribution is 7.91. The summed E-state index contributed by atoms with van der Waals surface area (Å²) in [6.07, 6.45) is -3.81. The number of halogens is 4. The van der Waals surface area contributed by atoms with Crippen LogP contribution in [0.15, 0.2) is 40.9 Å². The number of nitrogens with zero attached hydrogens (tertiary/aromatic N) is 3. The van der Waals surface area contributed by atoms with Gasteiger partial charge in [0.05, 0.1) is 28.2 Å². The summed E-state index contributed by atoms with van der Waals surface area (Å²) in [4.78, 5) is 4.93. The summed E-state index contributed by atoms with van der Waals surface area (Å²) in [7, 11) is -3.09. The van der Waals surface area contributed by atoms with Gasteiger partial charge < -0.3 is 13.8 Å². The van der Waals surface area contributed by atoms with Crippen molar-refractivity contribution in [3.05, 3.63) is 65.1 Å². The largest absolute Gasteiger partial charge is 0.573 e. The average Bonchev–Trinajstić information content (AvgIpc) is 3.39. The molecule has 0 radical (unpaired) electrons. The van der Waals surface area contributed by atoms with Gasteiger partial charge in [-0.15, -0.1) is 13.2 Å². The van der Waals surface area contributed by atoms with E-state index in [4.69, 9.17) is 9.51 Å². The lowest BCUT2D eigenvalue weighted by atomic mass is 9.99. The summed E-state index contributed by atoms with van der Waals surface area (Å²) in [5, 5.41) is 4.03. The Morgan fingerprint density at radius 2 is 1.85 bits per heavy atom. The molecule has 3 heterocycles. The Balaban J connectivity index is 1.53. The Hall–Kier alpha value is -3.41. The molecule has 4 aromatic rings. The van der Waals surface area contributed by atoms with Crippen LogP contribution in [-0.4, -0.2) is 41.0 Å². The van der Waals surface area contributed by atoms with Crippen LogP contribution in [0, 0.1) is 19.7 Å². The maximum absolute atomic E-state index is 14.4. The van der Waals surface area contributed by atoms with Crippen LogP contribution in [0.25, 0.3) is 22.2 Å². The maximum Gasteiger partial charge on any atom is 0.573 e. The maximum atomic E-state index is 14.4. The van der Waals surface area contributed by atoms with Gasteiger partial charge in [-0.3, -0.25) is 0 Å². The van der Waals surface area contributed by atoms with Crippen LogP contribution >= 0.6 is 0 Å². The van der Waals surface area contributed by atoms with E-state index in [9.17, 15) is 26.0 Å². The van der Waals surface area contributed by atoms with Gasteiger partial charge in [-0.25, -0.2) is 17.8 Å². The third-order valence-corrected chi connectivity index (χ3v) is 8.85. The van der Waals surface area contributed by atoms with Crippen LogP contribution in [0.3, 0.4) is 0 Å². The molecule has 0 N–H and O–H groups in total.